The number of carbonyl (C=O) groups is 1. The second-order valence-electron chi connectivity index (χ2n) is 4.23. The van der Waals surface area contributed by atoms with E-state index < -0.39 is 0 Å². The van der Waals surface area contributed by atoms with Crippen LogP contribution in [-0.2, 0) is 4.79 Å². The van der Waals surface area contributed by atoms with E-state index in [1.807, 2.05) is 30.3 Å². The maximum atomic E-state index is 12.1. The van der Waals surface area contributed by atoms with Crippen LogP contribution in [-0.4, -0.2) is 12.3 Å². The third-order valence-corrected chi connectivity index (χ3v) is 3.29. The van der Waals surface area contributed by atoms with Crippen molar-refractivity contribution in [1.29, 1.82) is 0 Å². The fourth-order valence-corrected chi connectivity index (χ4v) is 2.08. The van der Waals surface area contributed by atoms with Gasteiger partial charge in [-0.15, -0.1) is 0 Å². The number of nitrogens with two attached hydrogens (primary N) is 1. The molecule has 2 nitrogen and oxygen atoms in total. The van der Waals surface area contributed by atoms with Crippen LogP contribution in [0.4, 0.5) is 0 Å². The minimum Gasteiger partial charge on any atom is -0.329 e. The summed E-state index contributed by atoms with van der Waals surface area (Å²) in [5.41, 5.74) is 6.77. The van der Waals surface area contributed by atoms with Crippen molar-refractivity contribution in [1.82, 2.24) is 0 Å². The lowest BCUT2D eigenvalue weighted by atomic mass is 9.76. The van der Waals surface area contributed by atoms with Gasteiger partial charge in [0.1, 0.15) is 5.78 Å². The SMILES string of the molecule is NCC(C(=O)C1CCC1)c1ccccc1. The number of benzene rings is 1. The minimum atomic E-state index is -0.0866. The molecule has 15 heavy (non-hydrogen) atoms. The van der Waals surface area contributed by atoms with Gasteiger partial charge in [0.05, 0.1) is 5.92 Å². The van der Waals surface area contributed by atoms with Crippen LogP contribution in [0.25, 0.3) is 0 Å². The second-order valence-corrected chi connectivity index (χ2v) is 4.23. The van der Waals surface area contributed by atoms with Gasteiger partial charge in [0.2, 0.25) is 0 Å². The summed E-state index contributed by atoms with van der Waals surface area (Å²) in [7, 11) is 0. The van der Waals surface area contributed by atoms with Gasteiger partial charge in [0.15, 0.2) is 0 Å². The third kappa shape index (κ3) is 2.10. The number of ketones is 1. The van der Waals surface area contributed by atoms with E-state index in [0.29, 0.717) is 12.3 Å². The number of hydrogen-bond acceptors (Lipinski definition) is 2. The number of hydrogen-bond donors (Lipinski definition) is 1. The smallest absolute Gasteiger partial charge is 0.144 e. The van der Waals surface area contributed by atoms with Crippen molar-refractivity contribution >= 4 is 5.78 Å². The summed E-state index contributed by atoms with van der Waals surface area (Å²) < 4.78 is 0. The van der Waals surface area contributed by atoms with Crippen molar-refractivity contribution in [2.75, 3.05) is 6.54 Å². The van der Waals surface area contributed by atoms with Crippen LogP contribution < -0.4 is 5.73 Å². The Kier molecular flexibility index (Phi) is 3.17. The second kappa shape index (κ2) is 4.58. The molecular weight excluding hydrogens is 186 g/mol. The first-order valence-electron chi connectivity index (χ1n) is 5.61. The van der Waals surface area contributed by atoms with Gasteiger partial charge in [-0.3, -0.25) is 4.79 Å². The predicted octanol–water partition coefficient (Wildman–Crippen LogP) is 2.10. The Morgan fingerprint density at radius 3 is 2.47 bits per heavy atom. The molecule has 1 aliphatic rings. The fraction of sp³-hybridized carbons (Fsp3) is 0.462. The van der Waals surface area contributed by atoms with Crippen LogP contribution in [0.5, 0.6) is 0 Å². The highest BCUT2D eigenvalue weighted by atomic mass is 16.1. The number of Topliss-reactive ketones (excluding diaryl/α,β-unsaturated/α-hetero) is 1. The van der Waals surface area contributed by atoms with Gasteiger partial charge in [0, 0.05) is 12.5 Å². The van der Waals surface area contributed by atoms with Crippen LogP contribution in [0, 0.1) is 5.92 Å². The van der Waals surface area contributed by atoms with Crippen molar-refractivity contribution in [2.45, 2.75) is 25.2 Å². The standard InChI is InChI=1S/C13H17NO/c14-9-12(10-5-2-1-3-6-10)13(15)11-7-4-8-11/h1-3,5-6,11-12H,4,7-9,14H2. The monoisotopic (exact) mass is 203 g/mol. The van der Waals surface area contributed by atoms with Gasteiger partial charge in [-0.25, -0.2) is 0 Å². The first-order valence-corrected chi connectivity index (χ1v) is 5.61. The van der Waals surface area contributed by atoms with E-state index in [1.54, 1.807) is 0 Å². The van der Waals surface area contributed by atoms with E-state index in [0.717, 1.165) is 18.4 Å². The zero-order chi connectivity index (χ0) is 10.7. The van der Waals surface area contributed by atoms with Crippen molar-refractivity contribution < 1.29 is 4.79 Å². The predicted molar refractivity (Wildman–Crippen MR) is 60.6 cm³/mol. The molecule has 2 N–H and O–H groups in total. The molecule has 1 fully saturated rings. The van der Waals surface area contributed by atoms with Gasteiger partial charge < -0.3 is 5.73 Å². The molecule has 0 bridgehead atoms. The van der Waals surface area contributed by atoms with E-state index in [2.05, 4.69) is 0 Å². The van der Waals surface area contributed by atoms with E-state index in [9.17, 15) is 4.79 Å². The molecule has 0 aliphatic heterocycles. The molecule has 0 saturated heterocycles. The molecule has 2 heteroatoms. The summed E-state index contributed by atoms with van der Waals surface area (Å²) in [6.07, 6.45) is 3.31. The lowest BCUT2D eigenvalue weighted by molar-refractivity contribution is -0.126. The molecule has 1 aliphatic carbocycles. The summed E-state index contributed by atoms with van der Waals surface area (Å²) in [6.45, 7) is 0.430. The highest BCUT2D eigenvalue weighted by Gasteiger charge is 2.30. The molecule has 2 rings (SSSR count). The Hall–Kier alpha value is -1.15. The summed E-state index contributed by atoms with van der Waals surface area (Å²) >= 11 is 0. The van der Waals surface area contributed by atoms with Gasteiger partial charge in [-0.05, 0) is 18.4 Å². The van der Waals surface area contributed by atoms with Crippen LogP contribution in [0.3, 0.4) is 0 Å². The molecule has 0 amide bonds. The average Bonchev–Trinajstić information content (AvgIpc) is 2.18. The third-order valence-electron chi connectivity index (χ3n) is 3.29. The summed E-state index contributed by atoms with van der Waals surface area (Å²) in [6, 6.07) is 9.88. The molecular formula is C13H17NO. The number of rotatable bonds is 4. The van der Waals surface area contributed by atoms with Gasteiger partial charge in [0.25, 0.3) is 0 Å². The quantitative estimate of drug-likeness (QED) is 0.814. The van der Waals surface area contributed by atoms with Crippen LogP contribution in [0.15, 0.2) is 30.3 Å². The summed E-state index contributed by atoms with van der Waals surface area (Å²) in [4.78, 5) is 12.1. The molecule has 80 valence electrons. The molecule has 1 unspecified atom stereocenters. The van der Waals surface area contributed by atoms with Crippen molar-refractivity contribution in [2.24, 2.45) is 11.7 Å². The lowest BCUT2D eigenvalue weighted by Crippen LogP contribution is -2.31. The maximum Gasteiger partial charge on any atom is 0.144 e. The minimum absolute atomic E-state index is 0.0866. The molecule has 0 aromatic heterocycles. The topological polar surface area (TPSA) is 43.1 Å². The summed E-state index contributed by atoms with van der Waals surface area (Å²) in [5.74, 6) is 0.533. The Bertz CT molecular complexity index is 330. The Morgan fingerprint density at radius 2 is 2.00 bits per heavy atom. The first-order chi connectivity index (χ1) is 7.33. The highest BCUT2D eigenvalue weighted by molar-refractivity contribution is 5.88. The molecule has 0 spiro atoms. The largest absolute Gasteiger partial charge is 0.329 e. The average molecular weight is 203 g/mol. The van der Waals surface area contributed by atoms with E-state index in [-0.39, 0.29) is 11.8 Å². The lowest BCUT2D eigenvalue weighted by Gasteiger charge is -2.27. The zero-order valence-corrected chi connectivity index (χ0v) is 8.86. The van der Waals surface area contributed by atoms with Gasteiger partial charge >= 0.3 is 0 Å². The van der Waals surface area contributed by atoms with E-state index >= 15 is 0 Å². The molecule has 1 atom stereocenters. The van der Waals surface area contributed by atoms with E-state index in [1.165, 1.54) is 6.42 Å². The Balaban J connectivity index is 2.13. The first kappa shape index (κ1) is 10.4. The molecule has 0 heterocycles. The van der Waals surface area contributed by atoms with Gasteiger partial charge in [-0.2, -0.15) is 0 Å². The van der Waals surface area contributed by atoms with Crippen molar-refractivity contribution in [3.05, 3.63) is 35.9 Å². The van der Waals surface area contributed by atoms with Crippen molar-refractivity contribution in [3.63, 3.8) is 0 Å². The fourth-order valence-electron chi connectivity index (χ4n) is 2.08. The number of carbonyl (C=O) groups excluding carboxylic acids is 1. The molecule has 1 saturated carbocycles. The maximum absolute atomic E-state index is 12.1. The molecule has 0 radical (unpaired) electrons. The normalized spacial score (nSPS) is 18.2. The van der Waals surface area contributed by atoms with Crippen LogP contribution in [0.1, 0.15) is 30.7 Å². The van der Waals surface area contributed by atoms with Crippen molar-refractivity contribution in [3.8, 4) is 0 Å². The Labute approximate surface area is 90.5 Å². The van der Waals surface area contributed by atoms with E-state index in [4.69, 9.17) is 5.73 Å². The zero-order valence-electron chi connectivity index (χ0n) is 8.86. The summed E-state index contributed by atoms with van der Waals surface area (Å²) in [5, 5.41) is 0. The van der Waals surface area contributed by atoms with Crippen LogP contribution >= 0.6 is 0 Å². The highest BCUT2D eigenvalue weighted by Crippen LogP contribution is 2.32. The molecule has 1 aromatic rings. The van der Waals surface area contributed by atoms with Crippen LogP contribution in [0.2, 0.25) is 0 Å². The molecule has 1 aromatic carbocycles. The van der Waals surface area contributed by atoms with Gasteiger partial charge in [-0.1, -0.05) is 36.8 Å². The Morgan fingerprint density at radius 1 is 1.33 bits per heavy atom.